The molecule has 0 aliphatic heterocycles. The van der Waals surface area contributed by atoms with Crippen molar-refractivity contribution in [1.29, 1.82) is 0 Å². The van der Waals surface area contributed by atoms with Gasteiger partial charge in [0.1, 0.15) is 23.4 Å². The van der Waals surface area contributed by atoms with Gasteiger partial charge in [-0.2, -0.15) is 0 Å². The van der Waals surface area contributed by atoms with Crippen molar-refractivity contribution in [1.82, 2.24) is 19.9 Å². The number of hydrogen-bond acceptors (Lipinski definition) is 6. The zero-order valence-electron chi connectivity index (χ0n) is 11.9. The molecule has 0 atom stereocenters. The van der Waals surface area contributed by atoms with Gasteiger partial charge in [0, 0.05) is 6.07 Å². The largest absolute Gasteiger partial charge is 0.496 e. The lowest BCUT2D eigenvalue weighted by molar-refractivity contribution is 0.349. The lowest BCUT2D eigenvalue weighted by Crippen LogP contribution is -1.95. The maximum Gasteiger partial charge on any atom is 0.181 e. The Kier molecular flexibility index (Phi) is 3.31. The number of nitrogens with zero attached hydrogens (tertiary/aromatic N) is 3. The zero-order valence-corrected chi connectivity index (χ0v) is 11.9. The minimum atomic E-state index is 0.592. The van der Waals surface area contributed by atoms with Crippen LogP contribution in [0.5, 0.6) is 17.2 Å². The Morgan fingerprint density at radius 3 is 2.33 bits per heavy atom. The van der Waals surface area contributed by atoms with Crippen LogP contribution in [0.15, 0.2) is 24.7 Å². The second kappa shape index (κ2) is 5.28. The first-order valence-electron chi connectivity index (χ1n) is 6.23. The zero-order chi connectivity index (χ0) is 14.8. The van der Waals surface area contributed by atoms with Crippen molar-refractivity contribution in [2.45, 2.75) is 0 Å². The van der Waals surface area contributed by atoms with Crippen LogP contribution in [0.3, 0.4) is 0 Å². The van der Waals surface area contributed by atoms with E-state index in [2.05, 4.69) is 19.9 Å². The number of aromatic amines is 1. The van der Waals surface area contributed by atoms with Gasteiger partial charge in [0.15, 0.2) is 17.1 Å². The molecule has 1 N–H and O–H groups in total. The van der Waals surface area contributed by atoms with E-state index in [0.717, 1.165) is 11.1 Å². The summed E-state index contributed by atoms with van der Waals surface area (Å²) in [6.45, 7) is 0. The van der Waals surface area contributed by atoms with E-state index in [1.807, 2.05) is 6.07 Å². The molecule has 7 nitrogen and oxygen atoms in total. The Morgan fingerprint density at radius 2 is 1.67 bits per heavy atom. The predicted octanol–water partition coefficient (Wildman–Crippen LogP) is 2.05. The van der Waals surface area contributed by atoms with Crippen molar-refractivity contribution in [3.8, 4) is 28.6 Å². The summed E-state index contributed by atoms with van der Waals surface area (Å²) >= 11 is 0. The van der Waals surface area contributed by atoms with Crippen LogP contribution in [0.4, 0.5) is 0 Å². The molecule has 7 heteroatoms. The van der Waals surface area contributed by atoms with Gasteiger partial charge in [0.05, 0.1) is 33.1 Å². The van der Waals surface area contributed by atoms with E-state index in [1.54, 1.807) is 33.6 Å². The van der Waals surface area contributed by atoms with Crippen molar-refractivity contribution in [2.24, 2.45) is 0 Å². The van der Waals surface area contributed by atoms with Gasteiger partial charge < -0.3 is 19.2 Å². The molecule has 2 aromatic heterocycles. The van der Waals surface area contributed by atoms with Gasteiger partial charge in [0.25, 0.3) is 0 Å². The normalized spacial score (nSPS) is 10.6. The summed E-state index contributed by atoms with van der Waals surface area (Å²) in [4.78, 5) is 15.7. The summed E-state index contributed by atoms with van der Waals surface area (Å²) in [6.07, 6.45) is 3.13. The SMILES string of the molecule is COc1cc(OC)c(-c2nc3ncncc3[nH]2)cc1OC. The number of imidazole rings is 1. The first-order valence-corrected chi connectivity index (χ1v) is 6.23. The van der Waals surface area contributed by atoms with Gasteiger partial charge in [-0.25, -0.2) is 15.0 Å². The topological polar surface area (TPSA) is 82.2 Å². The Morgan fingerprint density at radius 1 is 0.952 bits per heavy atom. The molecule has 0 spiro atoms. The number of methoxy groups -OCH3 is 3. The molecule has 2 heterocycles. The summed E-state index contributed by atoms with van der Waals surface area (Å²) in [6, 6.07) is 3.57. The number of benzene rings is 1. The van der Waals surface area contributed by atoms with Crippen molar-refractivity contribution < 1.29 is 14.2 Å². The minimum absolute atomic E-state index is 0.592. The molecule has 0 aliphatic rings. The molecular formula is C14H14N4O3. The summed E-state index contributed by atoms with van der Waals surface area (Å²) in [7, 11) is 4.75. The quantitative estimate of drug-likeness (QED) is 0.790. The number of fused-ring (bicyclic) bond motifs is 1. The van der Waals surface area contributed by atoms with Gasteiger partial charge in [-0.1, -0.05) is 0 Å². The second-order valence-corrected chi connectivity index (χ2v) is 4.25. The van der Waals surface area contributed by atoms with Crippen LogP contribution in [0.2, 0.25) is 0 Å². The van der Waals surface area contributed by atoms with Gasteiger partial charge in [-0.05, 0) is 6.07 Å². The van der Waals surface area contributed by atoms with Crippen LogP contribution in [-0.2, 0) is 0 Å². The fraction of sp³-hybridized carbons (Fsp3) is 0.214. The molecule has 3 aromatic rings. The summed E-state index contributed by atoms with van der Waals surface area (Å²) < 4.78 is 16.0. The van der Waals surface area contributed by atoms with E-state index in [1.165, 1.54) is 6.33 Å². The first-order chi connectivity index (χ1) is 10.3. The van der Waals surface area contributed by atoms with Gasteiger partial charge in [-0.3, -0.25) is 0 Å². The summed E-state index contributed by atoms with van der Waals surface area (Å²) in [5, 5.41) is 0. The molecule has 108 valence electrons. The highest BCUT2D eigenvalue weighted by Gasteiger charge is 2.16. The highest BCUT2D eigenvalue weighted by atomic mass is 16.5. The van der Waals surface area contributed by atoms with Gasteiger partial charge in [0.2, 0.25) is 0 Å². The van der Waals surface area contributed by atoms with Gasteiger partial charge in [-0.15, -0.1) is 0 Å². The van der Waals surface area contributed by atoms with E-state index in [4.69, 9.17) is 14.2 Å². The molecule has 3 rings (SSSR count). The number of hydrogen-bond donors (Lipinski definition) is 1. The molecule has 0 bridgehead atoms. The van der Waals surface area contributed by atoms with Crippen molar-refractivity contribution in [3.05, 3.63) is 24.7 Å². The van der Waals surface area contributed by atoms with Crippen LogP contribution < -0.4 is 14.2 Å². The highest BCUT2D eigenvalue weighted by Crippen LogP contribution is 2.39. The maximum absolute atomic E-state index is 5.41. The average Bonchev–Trinajstić information content (AvgIpc) is 2.97. The summed E-state index contributed by atoms with van der Waals surface area (Å²) in [5.74, 6) is 2.44. The number of nitrogens with one attached hydrogen (secondary N) is 1. The van der Waals surface area contributed by atoms with Crippen LogP contribution in [0.25, 0.3) is 22.6 Å². The smallest absolute Gasteiger partial charge is 0.181 e. The first kappa shape index (κ1) is 13.2. The maximum atomic E-state index is 5.41. The third-order valence-electron chi connectivity index (χ3n) is 3.12. The van der Waals surface area contributed by atoms with Crippen molar-refractivity contribution in [2.75, 3.05) is 21.3 Å². The third kappa shape index (κ3) is 2.22. The Hall–Kier alpha value is -2.83. The van der Waals surface area contributed by atoms with Crippen molar-refractivity contribution in [3.63, 3.8) is 0 Å². The Bertz CT molecular complexity index is 752. The molecule has 0 fully saturated rings. The van der Waals surface area contributed by atoms with E-state index in [0.29, 0.717) is 28.7 Å². The molecule has 0 amide bonds. The van der Waals surface area contributed by atoms with E-state index >= 15 is 0 Å². The fourth-order valence-electron chi connectivity index (χ4n) is 2.10. The molecule has 0 aliphatic carbocycles. The minimum Gasteiger partial charge on any atom is -0.496 e. The highest BCUT2D eigenvalue weighted by molar-refractivity contribution is 5.78. The number of rotatable bonds is 4. The monoisotopic (exact) mass is 286 g/mol. The van der Waals surface area contributed by atoms with Gasteiger partial charge >= 0.3 is 0 Å². The van der Waals surface area contributed by atoms with Crippen LogP contribution >= 0.6 is 0 Å². The molecule has 0 saturated heterocycles. The third-order valence-corrected chi connectivity index (χ3v) is 3.12. The van der Waals surface area contributed by atoms with Crippen molar-refractivity contribution >= 4 is 11.2 Å². The molecule has 0 unspecified atom stereocenters. The molecule has 21 heavy (non-hydrogen) atoms. The molecule has 0 saturated carbocycles. The Labute approximate surface area is 120 Å². The predicted molar refractivity (Wildman–Crippen MR) is 76.8 cm³/mol. The standard InChI is InChI=1S/C14H14N4O3/c1-19-10-5-12(21-3)11(20-2)4-8(10)13-17-9-6-15-7-16-14(9)18-13/h4-7H,1-3H3,(H,15,16,17,18). The fourth-order valence-corrected chi connectivity index (χ4v) is 2.10. The lowest BCUT2D eigenvalue weighted by atomic mass is 10.1. The molecule has 1 aromatic carbocycles. The van der Waals surface area contributed by atoms with E-state index in [-0.39, 0.29) is 0 Å². The van der Waals surface area contributed by atoms with E-state index < -0.39 is 0 Å². The molecule has 0 radical (unpaired) electrons. The number of H-pyrrole nitrogens is 1. The summed E-state index contributed by atoms with van der Waals surface area (Å²) in [5.41, 5.74) is 2.11. The lowest BCUT2D eigenvalue weighted by Gasteiger charge is -2.12. The van der Waals surface area contributed by atoms with Crippen LogP contribution in [0.1, 0.15) is 0 Å². The number of ether oxygens (including phenoxy) is 3. The Balaban J connectivity index is 2.20. The van der Waals surface area contributed by atoms with Crippen LogP contribution in [0, 0.1) is 0 Å². The molecular weight excluding hydrogens is 272 g/mol. The van der Waals surface area contributed by atoms with Crippen LogP contribution in [-0.4, -0.2) is 41.3 Å². The average molecular weight is 286 g/mol. The van der Waals surface area contributed by atoms with E-state index in [9.17, 15) is 0 Å². The second-order valence-electron chi connectivity index (χ2n) is 4.25. The number of aromatic nitrogens is 4.